The second-order valence-corrected chi connectivity index (χ2v) is 7.45. The van der Waals surface area contributed by atoms with E-state index in [0.29, 0.717) is 32.2 Å². The molecule has 9 heteroatoms. The Labute approximate surface area is 175 Å². The number of carbonyl (C=O) groups excluding carboxylic acids is 1. The van der Waals surface area contributed by atoms with Crippen molar-refractivity contribution in [2.24, 2.45) is 0 Å². The van der Waals surface area contributed by atoms with Crippen molar-refractivity contribution in [3.8, 4) is 0 Å². The van der Waals surface area contributed by atoms with E-state index in [1.807, 2.05) is 13.8 Å². The summed E-state index contributed by atoms with van der Waals surface area (Å²) in [6.07, 6.45) is 0.807. The third-order valence-corrected chi connectivity index (χ3v) is 4.96. The van der Waals surface area contributed by atoms with Crippen molar-refractivity contribution in [1.29, 1.82) is 0 Å². The Morgan fingerprint density at radius 3 is 2.80 bits per heavy atom. The quantitative estimate of drug-likeness (QED) is 0.640. The standard InChI is InChI=1S/C21H29FN4O4/c1-3-29-13-16(27)11-25-6-8-26(9-7-25)12-20-23-19(14-30-20)21(28)24-18-10-15(2)4-5-17(18)22/h4-5,10,14,16,27H,3,6-9,11-13H2,1-2H3,(H,24,28). The number of carbonyl (C=O) groups is 1. The summed E-state index contributed by atoms with van der Waals surface area (Å²) in [6, 6.07) is 4.52. The number of aromatic nitrogens is 1. The highest BCUT2D eigenvalue weighted by atomic mass is 19.1. The van der Waals surface area contributed by atoms with Crippen molar-refractivity contribution in [2.75, 3.05) is 51.3 Å². The zero-order chi connectivity index (χ0) is 21.5. The average molecular weight is 420 g/mol. The van der Waals surface area contributed by atoms with Gasteiger partial charge in [-0.3, -0.25) is 14.6 Å². The minimum atomic E-state index is -0.511. The van der Waals surface area contributed by atoms with Crippen molar-refractivity contribution >= 4 is 11.6 Å². The fourth-order valence-corrected chi connectivity index (χ4v) is 3.33. The van der Waals surface area contributed by atoms with E-state index in [2.05, 4.69) is 20.1 Å². The van der Waals surface area contributed by atoms with Gasteiger partial charge in [-0.1, -0.05) is 6.07 Å². The van der Waals surface area contributed by atoms with Gasteiger partial charge in [0.2, 0.25) is 5.89 Å². The summed E-state index contributed by atoms with van der Waals surface area (Å²) in [7, 11) is 0. The maximum Gasteiger partial charge on any atom is 0.277 e. The summed E-state index contributed by atoms with van der Waals surface area (Å²) in [4.78, 5) is 21.0. The summed E-state index contributed by atoms with van der Waals surface area (Å²) in [5.74, 6) is -0.570. The van der Waals surface area contributed by atoms with Gasteiger partial charge < -0.3 is 19.6 Å². The second-order valence-electron chi connectivity index (χ2n) is 7.45. The molecular formula is C21H29FN4O4. The minimum Gasteiger partial charge on any atom is -0.447 e. The van der Waals surface area contributed by atoms with Crippen LogP contribution in [0.3, 0.4) is 0 Å². The first kappa shape index (κ1) is 22.4. The molecule has 1 saturated heterocycles. The van der Waals surface area contributed by atoms with Gasteiger partial charge >= 0.3 is 0 Å². The van der Waals surface area contributed by atoms with Crippen LogP contribution in [0.2, 0.25) is 0 Å². The molecule has 1 amide bonds. The van der Waals surface area contributed by atoms with Crippen molar-refractivity contribution in [1.82, 2.24) is 14.8 Å². The molecule has 1 aromatic carbocycles. The van der Waals surface area contributed by atoms with Crippen LogP contribution in [0, 0.1) is 12.7 Å². The number of aliphatic hydroxyl groups is 1. The normalized spacial score (nSPS) is 16.5. The van der Waals surface area contributed by atoms with Gasteiger partial charge in [0, 0.05) is 39.3 Å². The van der Waals surface area contributed by atoms with Crippen LogP contribution < -0.4 is 5.32 Å². The molecule has 3 rings (SSSR count). The summed E-state index contributed by atoms with van der Waals surface area (Å²) < 4.78 is 24.5. The minimum absolute atomic E-state index is 0.114. The number of rotatable bonds is 9. The fraction of sp³-hybridized carbons (Fsp3) is 0.524. The number of nitrogens with one attached hydrogen (secondary N) is 1. The number of hydrogen-bond donors (Lipinski definition) is 2. The number of hydrogen-bond acceptors (Lipinski definition) is 7. The molecule has 2 N–H and O–H groups in total. The van der Waals surface area contributed by atoms with Gasteiger partial charge in [0.05, 0.1) is 24.9 Å². The molecule has 0 radical (unpaired) electrons. The number of benzene rings is 1. The molecule has 1 aliphatic rings. The molecule has 1 aliphatic heterocycles. The van der Waals surface area contributed by atoms with Crippen LogP contribution in [0.4, 0.5) is 10.1 Å². The van der Waals surface area contributed by atoms with E-state index in [-0.39, 0.29) is 11.4 Å². The predicted molar refractivity (Wildman–Crippen MR) is 110 cm³/mol. The zero-order valence-electron chi connectivity index (χ0n) is 17.4. The van der Waals surface area contributed by atoms with Gasteiger partial charge in [0.25, 0.3) is 5.91 Å². The number of β-amino-alcohol motifs (C(OH)–C–C–N with tert-alkyl or cyclic N) is 1. The van der Waals surface area contributed by atoms with E-state index in [4.69, 9.17) is 9.15 Å². The molecule has 1 atom stereocenters. The summed E-state index contributed by atoms with van der Waals surface area (Å²) in [5.41, 5.74) is 1.08. The number of amides is 1. The third kappa shape index (κ3) is 6.33. The van der Waals surface area contributed by atoms with E-state index in [1.54, 1.807) is 12.1 Å². The summed E-state index contributed by atoms with van der Waals surface area (Å²) >= 11 is 0. The fourth-order valence-electron chi connectivity index (χ4n) is 3.33. The topological polar surface area (TPSA) is 91.1 Å². The number of ether oxygens (including phenoxy) is 1. The molecule has 1 aromatic heterocycles. The lowest BCUT2D eigenvalue weighted by Gasteiger charge is -2.34. The average Bonchev–Trinajstić information content (AvgIpc) is 3.19. The number of anilines is 1. The largest absolute Gasteiger partial charge is 0.447 e. The highest BCUT2D eigenvalue weighted by Gasteiger charge is 2.21. The Morgan fingerprint density at radius 1 is 1.33 bits per heavy atom. The third-order valence-electron chi connectivity index (χ3n) is 4.96. The molecule has 1 unspecified atom stereocenters. The second kappa shape index (κ2) is 10.6. The predicted octanol–water partition coefficient (Wildman–Crippen LogP) is 1.89. The van der Waals surface area contributed by atoms with Crippen molar-refractivity contribution in [2.45, 2.75) is 26.5 Å². The van der Waals surface area contributed by atoms with E-state index in [1.165, 1.54) is 12.3 Å². The molecule has 8 nitrogen and oxygen atoms in total. The SMILES string of the molecule is CCOCC(O)CN1CCN(Cc2nc(C(=O)Nc3cc(C)ccc3F)co2)CC1. The van der Waals surface area contributed by atoms with E-state index < -0.39 is 17.8 Å². The van der Waals surface area contributed by atoms with Gasteiger partial charge in [-0.2, -0.15) is 0 Å². The highest BCUT2D eigenvalue weighted by molar-refractivity contribution is 6.02. The van der Waals surface area contributed by atoms with Crippen molar-refractivity contribution in [3.05, 3.63) is 47.4 Å². The van der Waals surface area contributed by atoms with Crippen LogP contribution >= 0.6 is 0 Å². The molecule has 164 valence electrons. The number of halogens is 1. The maximum atomic E-state index is 13.8. The molecule has 0 spiro atoms. The number of aryl methyl sites for hydroxylation is 1. The Balaban J connectivity index is 1.47. The Bertz CT molecular complexity index is 836. The van der Waals surface area contributed by atoms with E-state index >= 15 is 0 Å². The lowest BCUT2D eigenvalue weighted by Crippen LogP contribution is -2.48. The van der Waals surface area contributed by atoms with Crippen LogP contribution in [0.1, 0.15) is 28.9 Å². The van der Waals surface area contributed by atoms with Gasteiger partial charge in [-0.25, -0.2) is 9.37 Å². The number of aliphatic hydroxyl groups excluding tert-OH is 1. The summed E-state index contributed by atoms with van der Waals surface area (Å²) in [6.45, 7) is 9.01. The molecule has 0 bridgehead atoms. The number of nitrogens with zero attached hydrogens (tertiary/aromatic N) is 3. The molecule has 30 heavy (non-hydrogen) atoms. The first-order valence-electron chi connectivity index (χ1n) is 10.2. The highest BCUT2D eigenvalue weighted by Crippen LogP contribution is 2.17. The molecular weight excluding hydrogens is 391 g/mol. The van der Waals surface area contributed by atoms with Crippen molar-refractivity contribution < 1.29 is 23.4 Å². The van der Waals surface area contributed by atoms with Gasteiger partial charge in [0.1, 0.15) is 12.1 Å². The molecule has 2 heterocycles. The van der Waals surface area contributed by atoms with E-state index in [0.717, 1.165) is 31.7 Å². The maximum absolute atomic E-state index is 13.8. The molecule has 0 aliphatic carbocycles. The Morgan fingerprint density at radius 2 is 2.07 bits per heavy atom. The lowest BCUT2D eigenvalue weighted by atomic mass is 10.2. The summed E-state index contributed by atoms with van der Waals surface area (Å²) in [5, 5.41) is 12.5. The monoisotopic (exact) mass is 420 g/mol. The van der Waals surface area contributed by atoms with Crippen LogP contribution in [-0.2, 0) is 11.3 Å². The molecule has 2 aromatic rings. The van der Waals surface area contributed by atoms with Gasteiger partial charge in [-0.15, -0.1) is 0 Å². The van der Waals surface area contributed by atoms with E-state index in [9.17, 15) is 14.3 Å². The van der Waals surface area contributed by atoms with Crippen LogP contribution in [0.5, 0.6) is 0 Å². The molecule has 0 saturated carbocycles. The van der Waals surface area contributed by atoms with Crippen LogP contribution in [0.25, 0.3) is 0 Å². The molecule has 1 fully saturated rings. The lowest BCUT2D eigenvalue weighted by molar-refractivity contribution is 0.00949. The first-order valence-corrected chi connectivity index (χ1v) is 10.2. The number of oxazole rings is 1. The van der Waals surface area contributed by atoms with Gasteiger partial charge in [-0.05, 0) is 31.5 Å². The Kier molecular flexibility index (Phi) is 7.92. The smallest absolute Gasteiger partial charge is 0.277 e. The van der Waals surface area contributed by atoms with Gasteiger partial charge in [0.15, 0.2) is 5.69 Å². The van der Waals surface area contributed by atoms with Crippen molar-refractivity contribution in [3.63, 3.8) is 0 Å². The Hall–Kier alpha value is -2.33. The number of piperazine rings is 1. The van der Waals surface area contributed by atoms with Crippen LogP contribution in [-0.4, -0.2) is 77.8 Å². The van der Waals surface area contributed by atoms with Crippen LogP contribution in [0.15, 0.2) is 28.9 Å². The zero-order valence-corrected chi connectivity index (χ0v) is 17.4. The first-order chi connectivity index (χ1) is 14.4.